The highest BCUT2D eigenvalue weighted by atomic mass is 19.1. The number of anilines is 1. The van der Waals surface area contributed by atoms with E-state index in [1.807, 2.05) is 31.2 Å². The number of nitrogens with one attached hydrogen (secondary N) is 1. The Morgan fingerprint density at radius 2 is 2.00 bits per heavy atom. The van der Waals surface area contributed by atoms with Crippen molar-refractivity contribution in [3.8, 4) is 0 Å². The number of amides is 3. The van der Waals surface area contributed by atoms with Crippen LogP contribution in [-0.4, -0.2) is 59.8 Å². The fourth-order valence-electron chi connectivity index (χ4n) is 3.98. The second kappa shape index (κ2) is 9.71. The summed E-state index contributed by atoms with van der Waals surface area (Å²) in [5, 5.41) is 2.83. The molecule has 1 N–H and O–H groups in total. The van der Waals surface area contributed by atoms with Crippen LogP contribution in [0.25, 0.3) is 0 Å². The van der Waals surface area contributed by atoms with Crippen LogP contribution in [0.3, 0.4) is 0 Å². The topological polar surface area (TPSA) is 79.0 Å². The van der Waals surface area contributed by atoms with Gasteiger partial charge in [0.05, 0.1) is 6.54 Å². The summed E-state index contributed by atoms with van der Waals surface area (Å²) in [5.41, 5.74) is 1.31. The molecule has 1 aromatic rings. The van der Waals surface area contributed by atoms with E-state index >= 15 is 0 Å². The number of nitrogens with zero attached hydrogens (tertiary/aromatic N) is 2. The molecule has 0 bridgehead atoms. The lowest BCUT2D eigenvalue weighted by Crippen LogP contribution is -2.49. The summed E-state index contributed by atoms with van der Waals surface area (Å²) in [5.74, 6) is -0.603. The smallest absolute Gasteiger partial charge is 0.411 e. The molecule has 0 radical (unpaired) electrons. The molecule has 1 aromatic carbocycles. The van der Waals surface area contributed by atoms with Gasteiger partial charge in [0, 0.05) is 30.8 Å². The van der Waals surface area contributed by atoms with E-state index in [0.717, 1.165) is 22.6 Å². The Bertz CT molecular complexity index is 895. The number of hydrogen-bond acceptors (Lipinski definition) is 4. The minimum atomic E-state index is -1.29. The van der Waals surface area contributed by atoms with Crippen LogP contribution in [0.1, 0.15) is 46.1 Å². The molecule has 8 heteroatoms. The minimum absolute atomic E-state index is 0.0747. The first-order valence-electron chi connectivity index (χ1n) is 11.1. The monoisotopic (exact) mass is 445 g/mol. The lowest BCUT2D eigenvalue weighted by Gasteiger charge is -2.28. The highest BCUT2D eigenvalue weighted by Gasteiger charge is 2.42. The first kappa shape index (κ1) is 23.8. The second-order valence-electron chi connectivity index (χ2n) is 9.23. The van der Waals surface area contributed by atoms with Gasteiger partial charge >= 0.3 is 6.09 Å². The normalized spacial score (nSPS) is 21.5. The van der Waals surface area contributed by atoms with Crippen molar-refractivity contribution < 1.29 is 23.5 Å². The number of para-hydroxylation sites is 1. The summed E-state index contributed by atoms with van der Waals surface area (Å²) in [4.78, 5) is 40.8. The van der Waals surface area contributed by atoms with E-state index in [1.165, 1.54) is 6.08 Å². The van der Waals surface area contributed by atoms with E-state index in [-0.39, 0.29) is 18.9 Å². The summed E-state index contributed by atoms with van der Waals surface area (Å²) in [6.45, 7) is 7.48. The molecule has 3 rings (SSSR count). The molecule has 7 nitrogen and oxygen atoms in total. The number of hydrogen-bond donors (Lipinski definition) is 1. The largest absolute Gasteiger partial charge is 0.444 e. The average molecular weight is 446 g/mol. The number of likely N-dealkylation sites (tertiary alicyclic amines) is 1. The highest BCUT2D eigenvalue weighted by Crippen LogP contribution is 2.27. The summed E-state index contributed by atoms with van der Waals surface area (Å²) in [6.07, 6.45) is 2.42. The van der Waals surface area contributed by atoms with Crippen LogP contribution in [0.4, 0.5) is 14.9 Å². The second-order valence-corrected chi connectivity index (χ2v) is 9.23. The van der Waals surface area contributed by atoms with Gasteiger partial charge in [0.2, 0.25) is 5.91 Å². The Morgan fingerprint density at radius 1 is 1.28 bits per heavy atom. The Labute approximate surface area is 188 Å². The molecule has 32 heavy (non-hydrogen) atoms. The van der Waals surface area contributed by atoms with Gasteiger partial charge in [-0.15, -0.1) is 0 Å². The summed E-state index contributed by atoms with van der Waals surface area (Å²) in [6, 6.07) is 6.44. The van der Waals surface area contributed by atoms with Gasteiger partial charge in [-0.3, -0.25) is 14.5 Å². The fraction of sp³-hybridized carbons (Fsp3) is 0.542. The molecule has 3 atom stereocenters. The Kier molecular flexibility index (Phi) is 7.21. The van der Waals surface area contributed by atoms with Gasteiger partial charge in [-0.2, -0.15) is 0 Å². The lowest BCUT2D eigenvalue weighted by molar-refractivity contribution is -0.126. The van der Waals surface area contributed by atoms with E-state index in [4.69, 9.17) is 4.74 Å². The fourth-order valence-corrected chi connectivity index (χ4v) is 3.98. The molecular weight excluding hydrogens is 413 g/mol. The molecule has 3 unspecified atom stereocenters. The Morgan fingerprint density at radius 3 is 2.69 bits per heavy atom. The minimum Gasteiger partial charge on any atom is -0.444 e. The molecule has 1 saturated heterocycles. The summed E-state index contributed by atoms with van der Waals surface area (Å²) >= 11 is 0. The molecule has 2 aliphatic rings. The van der Waals surface area contributed by atoms with Gasteiger partial charge in [-0.25, -0.2) is 9.18 Å². The number of halogens is 1. The van der Waals surface area contributed by atoms with Crippen molar-refractivity contribution in [1.82, 2.24) is 10.2 Å². The number of benzene rings is 1. The van der Waals surface area contributed by atoms with Crippen LogP contribution in [-0.2, 0) is 20.7 Å². The van der Waals surface area contributed by atoms with E-state index < -0.39 is 35.9 Å². The first-order valence-corrected chi connectivity index (χ1v) is 11.1. The number of carbonyl (C=O) groups excluding carboxylic acids is 3. The Hall–Kier alpha value is -2.90. The van der Waals surface area contributed by atoms with E-state index in [2.05, 4.69) is 5.32 Å². The van der Waals surface area contributed by atoms with Crippen molar-refractivity contribution in [3.05, 3.63) is 42.0 Å². The van der Waals surface area contributed by atoms with Crippen LogP contribution < -0.4 is 10.2 Å². The SMILES string of the molecule is CCC(C=CC(=O)N1CCc2ccccc21)NC(=O)C1CC(F)CN1C(=O)OC(C)(C)C. The molecule has 0 saturated carbocycles. The van der Waals surface area contributed by atoms with Crippen molar-refractivity contribution in [2.75, 3.05) is 18.0 Å². The third kappa shape index (κ3) is 5.66. The number of fused-ring (bicyclic) bond motifs is 1. The van der Waals surface area contributed by atoms with Crippen LogP contribution in [0.2, 0.25) is 0 Å². The zero-order chi connectivity index (χ0) is 23.5. The molecule has 174 valence electrons. The van der Waals surface area contributed by atoms with Crippen molar-refractivity contribution >= 4 is 23.6 Å². The predicted molar refractivity (Wildman–Crippen MR) is 120 cm³/mol. The maximum atomic E-state index is 14.1. The van der Waals surface area contributed by atoms with Crippen LogP contribution in [0.5, 0.6) is 0 Å². The molecule has 2 aliphatic heterocycles. The number of rotatable bonds is 5. The highest BCUT2D eigenvalue weighted by molar-refractivity contribution is 6.03. The maximum Gasteiger partial charge on any atom is 0.411 e. The standard InChI is InChI=1S/C24H32FN3O4/c1-5-18(10-11-21(29)27-13-12-16-8-6-7-9-19(16)27)26-22(30)20-14-17(25)15-28(20)23(31)32-24(2,3)4/h6-11,17-18,20H,5,12-15H2,1-4H3,(H,26,30). The van der Waals surface area contributed by atoms with Gasteiger partial charge < -0.3 is 15.0 Å². The average Bonchev–Trinajstić information content (AvgIpc) is 3.33. The van der Waals surface area contributed by atoms with Crippen LogP contribution in [0, 0.1) is 0 Å². The van der Waals surface area contributed by atoms with Crippen molar-refractivity contribution in [2.24, 2.45) is 0 Å². The third-order valence-corrected chi connectivity index (χ3v) is 5.57. The molecule has 1 fully saturated rings. The molecule has 0 aliphatic carbocycles. The van der Waals surface area contributed by atoms with Gasteiger partial charge in [0.1, 0.15) is 17.8 Å². The zero-order valence-corrected chi connectivity index (χ0v) is 19.1. The van der Waals surface area contributed by atoms with Crippen molar-refractivity contribution in [1.29, 1.82) is 0 Å². The van der Waals surface area contributed by atoms with Crippen LogP contribution >= 0.6 is 0 Å². The summed E-state index contributed by atoms with van der Waals surface area (Å²) < 4.78 is 19.4. The van der Waals surface area contributed by atoms with E-state index in [1.54, 1.807) is 31.7 Å². The van der Waals surface area contributed by atoms with Crippen LogP contribution in [0.15, 0.2) is 36.4 Å². The molecule has 2 heterocycles. The lowest BCUT2D eigenvalue weighted by atomic mass is 10.1. The first-order chi connectivity index (χ1) is 15.1. The number of alkyl halides is 1. The van der Waals surface area contributed by atoms with Gasteiger partial charge in [-0.1, -0.05) is 31.2 Å². The molecule has 0 spiro atoms. The maximum absolute atomic E-state index is 14.1. The van der Waals surface area contributed by atoms with Gasteiger partial charge in [-0.05, 0) is 45.2 Å². The molecule has 3 amide bonds. The number of ether oxygens (including phenoxy) is 1. The summed E-state index contributed by atoms with van der Waals surface area (Å²) in [7, 11) is 0. The predicted octanol–water partition coefficient (Wildman–Crippen LogP) is 3.37. The molecule has 0 aromatic heterocycles. The number of carbonyl (C=O) groups is 3. The molecular formula is C24H32FN3O4. The zero-order valence-electron chi connectivity index (χ0n) is 19.1. The quantitative estimate of drug-likeness (QED) is 0.705. The third-order valence-electron chi connectivity index (χ3n) is 5.57. The van der Waals surface area contributed by atoms with Gasteiger partial charge in [0.25, 0.3) is 5.91 Å². The van der Waals surface area contributed by atoms with Crippen molar-refractivity contribution in [2.45, 2.75) is 70.8 Å². The van der Waals surface area contributed by atoms with Gasteiger partial charge in [0.15, 0.2) is 0 Å². The van der Waals surface area contributed by atoms with E-state index in [9.17, 15) is 18.8 Å². The van der Waals surface area contributed by atoms with Crippen molar-refractivity contribution in [3.63, 3.8) is 0 Å². The Balaban J connectivity index is 1.62. The van der Waals surface area contributed by atoms with E-state index in [0.29, 0.717) is 13.0 Å².